The molecule has 0 radical (unpaired) electrons. The van der Waals surface area contributed by atoms with Crippen molar-refractivity contribution in [2.45, 2.75) is 13.8 Å². The van der Waals surface area contributed by atoms with Gasteiger partial charge in [0.1, 0.15) is 18.5 Å². The topological polar surface area (TPSA) is 75.1 Å². The van der Waals surface area contributed by atoms with E-state index < -0.39 is 5.97 Å². The van der Waals surface area contributed by atoms with Crippen molar-refractivity contribution in [1.82, 2.24) is 0 Å². The van der Waals surface area contributed by atoms with Gasteiger partial charge in [0.05, 0.1) is 22.6 Å². The van der Waals surface area contributed by atoms with Gasteiger partial charge >= 0.3 is 5.97 Å². The van der Waals surface area contributed by atoms with E-state index in [9.17, 15) is 9.90 Å². The van der Waals surface area contributed by atoms with Crippen molar-refractivity contribution in [3.8, 4) is 5.75 Å². The van der Waals surface area contributed by atoms with Crippen molar-refractivity contribution >= 4 is 38.8 Å². The number of azo groups is 1. The molecule has 2 aromatic heterocycles. The van der Waals surface area contributed by atoms with Gasteiger partial charge in [-0.3, -0.25) is 0 Å². The number of thiophene rings is 1. The number of aromatic nitrogens is 1. The number of rotatable bonds is 4. The van der Waals surface area contributed by atoms with Crippen molar-refractivity contribution in [1.29, 1.82) is 0 Å². The molecule has 0 bridgehead atoms. The molecule has 0 fully saturated rings. The van der Waals surface area contributed by atoms with Gasteiger partial charge in [0.15, 0.2) is 12.4 Å². The third kappa shape index (κ3) is 3.51. The first-order valence-corrected chi connectivity index (χ1v) is 8.61. The van der Waals surface area contributed by atoms with E-state index in [4.69, 9.17) is 4.74 Å². The lowest BCUT2D eigenvalue weighted by molar-refractivity contribution is -0.671. The van der Waals surface area contributed by atoms with Crippen LogP contribution in [0.1, 0.15) is 22.2 Å². The van der Waals surface area contributed by atoms with E-state index in [2.05, 4.69) is 10.2 Å². The molecule has 3 aromatic rings. The summed E-state index contributed by atoms with van der Waals surface area (Å²) in [5, 5.41) is 19.4. The smallest absolute Gasteiger partial charge is 0.340 e. The third-order valence-electron chi connectivity index (χ3n) is 3.60. The molecule has 0 aliphatic carbocycles. The minimum atomic E-state index is -0.529. The maximum absolute atomic E-state index is 12.3. The number of aromatic hydroxyl groups is 1. The minimum absolute atomic E-state index is 0.0353. The number of carbonyl (C=O) groups excluding carboxylic acids is 1. The molecule has 0 amide bonds. The van der Waals surface area contributed by atoms with E-state index in [0.29, 0.717) is 21.5 Å². The quantitative estimate of drug-likeness (QED) is 0.429. The second kappa shape index (κ2) is 6.98. The van der Waals surface area contributed by atoms with E-state index >= 15 is 0 Å². The molecule has 128 valence electrons. The lowest BCUT2D eigenvalue weighted by Gasteiger charge is -2.07. The minimum Gasteiger partial charge on any atom is -0.507 e. The summed E-state index contributed by atoms with van der Waals surface area (Å²) in [6.45, 7) is 3.91. The summed E-state index contributed by atoms with van der Waals surface area (Å²) in [6, 6.07) is 6.91. The monoisotopic (exact) mass is 356 g/mol. The van der Waals surface area contributed by atoms with Crippen LogP contribution < -0.4 is 4.57 Å². The van der Waals surface area contributed by atoms with Crippen molar-refractivity contribution in [3.63, 3.8) is 0 Å². The van der Waals surface area contributed by atoms with Crippen molar-refractivity contribution in [2.24, 2.45) is 17.3 Å². The van der Waals surface area contributed by atoms with E-state index in [1.807, 2.05) is 49.1 Å². The van der Waals surface area contributed by atoms with Crippen LogP contribution in [0.4, 0.5) is 11.4 Å². The molecule has 1 aromatic carbocycles. The Balaban J connectivity index is 2.15. The highest BCUT2D eigenvalue weighted by atomic mass is 32.1. The van der Waals surface area contributed by atoms with Crippen LogP contribution in [0.5, 0.6) is 5.75 Å². The summed E-state index contributed by atoms with van der Waals surface area (Å²) < 4.78 is 7.70. The Labute approximate surface area is 149 Å². The Hall–Kier alpha value is -2.80. The fraction of sp³-hybridized carbons (Fsp3) is 0.222. The number of benzene rings is 1. The number of fused-ring (bicyclic) bond motifs is 1. The van der Waals surface area contributed by atoms with Gasteiger partial charge in [-0.15, -0.1) is 16.5 Å². The lowest BCUT2D eigenvalue weighted by Crippen LogP contribution is -2.25. The SMILES string of the molecule is CCOC(=O)c1cc(O)c2cc(C)sc2c1N=Nc1cc[n+](C)cc1. The van der Waals surface area contributed by atoms with E-state index in [1.54, 1.807) is 6.92 Å². The highest BCUT2D eigenvalue weighted by Crippen LogP contribution is 2.42. The Bertz CT molecular complexity index is 962. The zero-order valence-corrected chi connectivity index (χ0v) is 15.0. The van der Waals surface area contributed by atoms with Gasteiger partial charge < -0.3 is 9.84 Å². The largest absolute Gasteiger partial charge is 0.507 e. The van der Waals surface area contributed by atoms with Gasteiger partial charge in [-0.05, 0) is 26.0 Å². The van der Waals surface area contributed by atoms with Crippen molar-refractivity contribution in [3.05, 3.63) is 47.1 Å². The number of nitrogens with zero attached hydrogens (tertiary/aromatic N) is 3. The van der Waals surface area contributed by atoms with Gasteiger partial charge in [-0.2, -0.15) is 5.11 Å². The first-order valence-electron chi connectivity index (χ1n) is 7.80. The van der Waals surface area contributed by atoms with Gasteiger partial charge in [0, 0.05) is 22.4 Å². The number of carbonyl (C=O) groups is 1. The van der Waals surface area contributed by atoms with Crippen molar-refractivity contribution < 1.29 is 19.2 Å². The Morgan fingerprint density at radius 1 is 1.28 bits per heavy atom. The second-order valence-corrected chi connectivity index (χ2v) is 6.79. The molecular formula is C18H18N3O3S+. The zero-order valence-electron chi connectivity index (χ0n) is 14.2. The standard InChI is InChI=1S/C18H17N3O3S/c1-4-24-18(23)14-10-15(22)13-9-11(2)25-17(13)16(14)20-19-12-5-7-21(3)8-6-12/h5-10H,4H2,1-3H3/p+1. The number of pyridine rings is 1. The number of ether oxygens (including phenoxy) is 1. The fourth-order valence-electron chi connectivity index (χ4n) is 2.42. The first-order chi connectivity index (χ1) is 12.0. The molecule has 25 heavy (non-hydrogen) atoms. The molecule has 0 saturated heterocycles. The number of phenols is 1. The zero-order chi connectivity index (χ0) is 18.0. The Kier molecular flexibility index (Phi) is 4.76. The molecule has 0 spiro atoms. The van der Waals surface area contributed by atoms with Crippen LogP contribution in [0.2, 0.25) is 0 Å². The van der Waals surface area contributed by atoms with Crippen molar-refractivity contribution in [2.75, 3.05) is 6.61 Å². The van der Waals surface area contributed by atoms with Gasteiger partial charge in [0.25, 0.3) is 0 Å². The van der Waals surface area contributed by atoms with Gasteiger partial charge in [0.2, 0.25) is 0 Å². The summed E-state index contributed by atoms with van der Waals surface area (Å²) >= 11 is 1.45. The molecule has 6 nitrogen and oxygen atoms in total. The fourth-order valence-corrected chi connectivity index (χ4v) is 3.44. The molecule has 1 N–H and O–H groups in total. The Morgan fingerprint density at radius 2 is 2.00 bits per heavy atom. The number of hydrogen-bond acceptors (Lipinski definition) is 6. The predicted molar refractivity (Wildman–Crippen MR) is 96.0 cm³/mol. The molecule has 0 aliphatic heterocycles. The number of hydrogen-bond donors (Lipinski definition) is 1. The van der Waals surface area contributed by atoms with E-state index in [1.165, 1.54) is 17.4 Å². The van der Waals surface area contributed by atoms with Crippen LogP contribution >= 0.6 is 11.3 Å². The first kappa shape index (κ1) is 17.0. The molecule has 0 unspecified atom stereocenters. The van der Waals surface area contributed by atoms with E-state index in [-0.39, 0.29) is 17.9 Å². The number of phenolic OH excluding ortho intramolecular Hbond substituents is 1. The summed E-state index contributed by atoms with van der Waals surface area (Å²) in [7, 11) is 1.91. The summed E-state index contributed by atoms with van der Waals surface area (Å²) in [5.41, 5.74) is 1.29. The molecule has 0 saturated carbocycles. The van der Waals surface area contributed by atoms with Crippen LogP contribution in [0.25, 0.3) is 10.1 Å². The second-order valence-electron chi connectivity index (χ2n) is 5.53. The van der Waals surface area contributed by atoms with Crippen LogP contribution in [0.15, 0.2) is 46.9 Å². The third-order valence-corrected chi connectivity index (χ3v) is 4.66. The molecule has 0 atom stereocenters. The number of esters is 1. The molecule has 3 rings (SSSR count). The molecular weight excluding hydrogens is 338 g/mol. The average molecular weight is 356 g/mol. The molecule has 2 heterocycles. The number of aryl methyl sites for hydroxylation is 2. The summed E-state index contributed by atoms with van der Waals surface area (Å²) in [6.07, 6.45) is 3.73. The van der Waals surface area contributed by atoms with Gasteiger partial charge in [-0.25, -0.2) is 9.36 Å². The molecule has 7 heteroatoms. The predicted octanol–water partition coefficient (Wildman–Crippen LogP) is 4.33. The highest BCUT2D eigenvalue weighted by Gasteiger charge is 2.20. The summed E-state index contributed by atoms with van der Waals surface area (Å²) in [4.78, 5) is 13.3. The maximum Gasteiger partial charge on any atom is 0.340 e. The summed E-state index contributed by atoms with van der Waals surface area (Å²) in [5.74, 6) is -0.493. The van der Waals surface area contributed by atoms with Gasteiger partial charge in [-0.1, -0.05) is 0 Å². The highest BCUT2D eigenvalue weighted by molar-refractivity contribution is 7.19. The maximum atomic E-state index is 12.3. The lowest BCUT2D eigenvalue weighted by atomic mass is 10.1. The van der Waals surface area contributed by atoms with Crippen LogP contribution in [0.3, 0.4) is 0 Å². The normalized spacial score (nSPS) is 11.3. The Morgan fingerprint density at radius 3 is 2.68 bits per heavy atom. The van der Waals surface area contributed by atoms with E-state index in [0.717, 1.165) is 4.88 Å². The van der Waals surface area contributed by atoms with Crippen LogP contribution in [0, 0.1) is 6.92 Å². The average Bonchev–Trinajstić information content (AvgIpc) is 2.98. The van der Waals surface area contributed by atoms with Crippen LogP contribution in [-0.4, -0.2) is 17.7 Å². The van der Waals surface area contributed by atoms with Crippen LogP contribution in [-0.2, 0) is 11.8 Å². The molecule has 0 aliphatic rings.